The van der Waals surface area contributed by atoms with Crippen molar-refractivity contribution in [2.75, 3.05) is 14.2 Å². The molecule has 0 fully saturated rings. The van der Waals surface area contributed by atoms with E-state index in [9.17, 15) is 4.79 Å². The molecular formula is C14H21NO2. The highest BCUT2D eigenvalue weighted by Crippen LogP contribution is 2.08. The second-order valence-corrected chi connectivity index (χ2v) is 4.12. The van der Waals surface area contributed by atoms with E-state index in [4.69, 9.17) is 4.84 Å². The van der Waals surface area contributed by atoms with E-state index in [1.54, 1.807) is 7.05 Å². The Morgan fingerprint density at radius 1 is 1.18 bits per heavy atom. The van der Waals surface area contributed by atoms with Crippen molar-refractivity contribution in [2.45, 2.75) is 32.1 Å². The fourth-order valence-electron chi connectivity index (χ4n) is 1.69. The lowest BCUT2D eigenvalue weighted by atomic mass is 10.1. The van der Waals surface area contributed by atoms with Crippen molar-refractivity contribution < 1.29 is 9.63 Å². The van der Waals surface area contributed by atoms with E-state index in [2.05, 4.69) is 24.3 Å². The first-order chi connectivity index (χ1) is 8.24. The molecule has 0 heterocycles. The van der Waals surface area contributed by atoms with Crippen LogP contribution in [0.3, 0.4) is 0 Å². The predicted molar refractivity (Wildman–Crippen MR) is 68.4 cm³/mol. The van der Waals surface area contributed by atoms with Crippen molar-refractivity contribution in [2.24, 2.45) is 0 Å². The van der Waals surface area contributed by atoms with Gasteiger partial charge >= 0.3 is 0 Å². The Morgan fingerprint density at radius 2 is 1.88 bits per heavy atom. The van der Waals surface area contributed by atoms with Crippen LogP contribution in [0.25, 0.3) is 0 Å². The molecular weight excluding hydrogens is 214 g/mol. The number of benzene rings is 1. The minimum Gasteiger partial charge on any atom is -0.275 e. The minimum atomic E-state index is 0.0483. The van der Waals surface area contributed by atoms with Crippen LogP contribution in [0.1, 0.15) is 31.2 Å². The van der Waals surface area contributed by atoms with E-state index in [0.717, 1.165) is 25.7 Å². The lowest BCUT2D eigenvalue weighted by Crippen LogP contribution is -2.24. The molecule has 0 bridgehead atoms. The first kappa shape index (κ1) is 13.7. The maximum atomic E-state index is 11.4. The third kappa shape index (κ3) is 5.50. The minimum absolute atomic E-state index is 0.0483. The van der Waals surface area contributed by atoms with Crippen LogP contribution in [0.4, 0.5) is 0 Å². The third-order valence-corrected chi connectivity index (χ3v) is 2.82. The molecule has 0 unspecified atom stereocenters. The van der Waals surface area contributed by atoms with Gasteiger partial charge in [0.15, 0.2) is 0 Å². The maximum Gasteiger partial charge on any atom is 0.245 e. The molecule has 1 aromatic rings. The number of amides is 1. The molecule has 1 aromatic carbocycles. The van der Waals surface area contributed by atoms with E-state index in [0.29, 0.717) is 6.42 Å². The van der Waals surface area contributed by atoms with Crippen molar-refractivity contribution >= 4 is 5.91 Å². The molecule has 0 spiro atoms. The molecule has 1 amide bonds. The molecule has 1 rings (SSSR count). The molecule has 0 saturated heterocycles. The number of nitrogens with zero attached hydrogens (tertiary/aromatic N) is 1. The second kappa shape index (κ2) is 7.85. The fraction of sp³-hybridized carbons (Fsp3) is 0.500. The number of carbonyl (C=O) groups excluding carboxylic acids is 1. The molecule has 0 aliphatic rings. The number of hydroxylamine groups is 2. The van der Waals surface area contributed by atoms with Gasteiger partial charge in [0, 0.05) is 13.5 Å². The Kier molecular flexibility index (Phi) is 6.33. The van der Waals surface area contributed by atoms with Gasteiger partial charge in [-0.25, -0.2) is 5.06 Å². The summed E-state index contributed by atoms with van der Waals surface area (Å²) >= 11 is 0. The molecule has 0 aliphatic heterocycles. The van der Waals surface area contributed by atoms with Crippen molar-refractivity contribution in [1.29, 1.82) is 0 Å². The molecule has 17 heavy (non-hydrogen) atoms. The predicted octanol–water partition coefficient (Wildman–Crippen LogP) is 2.81. The fourth-order valence-corrected chi connectivity index (χ4v) is 1.69. The lowest BCUT2D eigenvalue weighted by molar-refractivity contribution is -0.168. The Morgan fingerprint density at radius 3 is 2.53 bits per heavy atom. The van der Waals surface area contributed by atoms with Crippen LogP contribution in [-0.4, -0.2) is 25.1 Å². The second-order valence-electron chi connectivity index (χ2n) is 4.12. The molecule has 3 heteroatoms. The lowest BCUT2D eigenvalue weighted by Gasteiger charge is -2.13. The van der Waals surface area contributed by atoms with Gasteiger partial charge in [0.05, 0.1) is 7.11 Å². The van der Waals surface area contributed by atoms with Gasteiger partial charge in [0.2, 0.25) is 5.91 Å². The summed E-state index contributed by atoms with van der Waals surface area (Å²) in [5.41, 5.74) is 1.37. The number of unbranched alkanes of at least 4 members (excludes halogenated alkanes) is 2. The summed E-state index contributed by atoms with van der Waals surface area (Å²) in [6, 6.07) is 10.4. The van der Waals surface area contributed by atoms with Crippen LogP contribution in [0.2, 0.25) is 0 Å². The zero-order chi connectivity index (χ0) is 12.5. The van der Waals surface area contributed by atoms with E-state index in [-0.39, 0.29) is 5.91 Å². The van der Waals surface area contributed by atoms with Gasteiger partial charge in [-0.2, -0.15) is 0 Å². The first-order valence-corrected chi connectivity index (χ1v) is 6.08. The van der Waals surface area contributed by atoms with E-state index < -0.39 is 0 Å². The zero-order valence-corrected chi connectivity index (χ0v) is 10.7. The van der Waals surface area contributed by atoms with Crippen molar-refractivity contribution in [3.05, 3.63) is 35.9 Å². The number of carbonyl (C=O) groups is 1. The van der Waals surface area contributed by atoms with Crippen LogP contribution < -0.4 is 0 Å². The first-order valence-electron chi connectivity index (χ1n) is 6.08. The molecule has 94 valence electrons. The smallest absolute Gasteiger partial charge is 0.245 e. The largest absolute Gasteiger partial charge is 0.275 e. The summed E-state index contributed by atoms with van der Waals surface area (Å²) < 4.78 is 0. The summed E-state index contributed by atoms with van der Waals surface area (Å²) in [4.78, 5) is 16.2. The van der Waals surface area contributed by atoms with Gasteiger partial charge in [0.1, 0.15) is 0 Å². The Labute approximate surface area is 103 Å². The van der Waals surface area contributed by atoms with Crippen LogP contribution in [-0.2, 0) is 16.1 Å². The monoisotopic (exact) mass is 235 g/mol. The van der Waals surface area contributed by atoms with Crippen LogP contribution in [0.5, 0.6) is 0 Å². The number of hydrogen-bond acceptors (Lipinski definition) is 2. The summed E-state index contributed by atoms with van der Waals surface area (Å²) in [6.45, 7) is 0. The van der Waals surface area contributed by atoms with Crippen LogP contribution in [0, 0.1) is 0 Å². The highest BCUT2D eigenvalue weighted by Gasteiger charge is 2.06. The molecule has 0 radical (unpaired) electrons. The van der Waals surface area contributed by atoms with E-state index >= 15 is 0 Å². The topological polar surface area (TPSA) is 29.5 Å². The van der Waals surface area contributed by atoms with Gasteiger partial charge in [0.25, 0.3) is 0 Å². The zero-order valence-electron chi connectivity index (χ0n) is 10.7. The normalized spacial score (nSPS) is 10.2. The van der Waals surface area contributed by atoms with Gasteiger partial charge in [-0.05, 0) is 24.8 Å². The summed E-state index contributed by atoms with van der Waals surface area (Å²) in [6.07, 6.45) is 4.81. The van der Waals surface area contributed by atoms with E-state index in [1.807, 2.05) is 6.07 Å². The Hall–Kier alpha value is -1.35. The number of rotatable bonds is 7. The van der Waals surface area contributed by atoms with Crippen LogP contribution in [0.15, 0.2) is 30.3 Å². The molecule has 0 aromatic heterocycles. The average molecular weight is 235 g/mol. The quantitative estimate of drug-likeness (QED) is 0.537. The standard InChI is InChI=1S/C14H21NO2/c1-15(17-2)14(16)12-8-4-7-11-13-9-5-3-6-10-13/h3,5-6,9-10H,4,7-8,11-12H2,1-2H3. The molecule has 0 saturated carbocycles. The summed E-state index contributed by atoms with van der Waals surface area (Å²) in [5, 5.41) is 1.29. The van der Waals surface area contributed by atoms with Crippen molar-refractivity contribution in [3.63, 3.8) is 0 Å². The summed E-state index contributed by atoms with van der Waals surface area (Å²) in [7, 11) is 3.15. The van der Waals surface area contributed by atoms with Crippen molar-refractivity contribution in [1.82, 2.24) is 5.06 Å². The third-order valence-electron chi connectivity index (χ3n) is 2.82. The average Bonchev–Trinajstić information content (AvgIpc) is 2.38. The molecule has 0 N–H and O–H groups in total. The highest BCUT2D eigenvalue weighted by molar-refractivity contribution is 5.74. The summed E-state index contributed by atoms with van der Waals surface area (Å²) in [5.74, 6) is 0.0483. The van der Waals surface area contributed by atoms with Crippen LogP contribution >= 0.6 is 0 Å². The highest BCUT2D eigenvalue weighted by atomic mass is 16.7. The molecule has 0 atom stereocenters. The van der Waals surface area contributed by atoms with Gasteiger partial charge in [-0.3, -0.25) is 9.63 Å². The molecule has 0 aliphatic carbocycles. The SMILES string of the molecule is CON(C)C(=O)CCCCCc1ccccc1. The number of aryl methyl sites for hydroxylation is 1. The molecule has 3 nitrogen and oxygen atoms in total. The van der Waals surface area contributed by atoms with E-state index in [1.165, 1.54) is 17.7 Å². The van der Waals surface area contributed by atoms with Crippen molar-refractivity contribution in [3.8, 4) is 0 Å². The Bertz CT molecular complexity index is 324. The Balaban J connectivity index is 2.07. The van der Waals surface area contributed by atoms with Gasteiger partial charge in [-0.1, -0.05) is 36.8 Å². The van der Waals surface area contributed by atoms with Gasteiger partial charge < -0.3 is 0 Å². The maximum absolute atomic E-state index is 11.4. The van der Waals surface area contributed by atoms with Gasteiger partial charge in [-0.15, -0.1) is 0 Å². The number of hydrogen-bond donors (Lipinski definition) is 0.